The average Bonchev–Trinajstić information content (AvgIpc) is 3.95. The number of benzene rings is 3. The molecule has 14 nitrogen and oxygen atoms in total. The predicted octanol–water partition coefficient (Wildman–Crippen LogP) is 6.40. The van der Waals surface area contributed by atoms with Crippen LogP contribution in [0.25, 0.3) is 10.8 Å². The Hall–Kier alpha value is -5.61. The number of aryl methyl sites for hydroxylation is 2. The summed E-state index contributed by atoms with van der Waals surface area (Å²) < 4.78 is 47.8. The lowest BCUT2D eigenvalue weighted by Crippen LogP contribution is -2.40. The Labute approximate surface area is 323 Å². The molecule has 2 atom stereocenters. The Balaban J connectivity index is 1.44. The van der Waals surface area contributed by atoms with E-state index in [1.165, 1.54) is 48.3 Å². The molecule has 3 aliphatic rings. The summed E-state index contributed by atoms with van der Waals surface area (Å²) in [4.78, 5) is 58.4. The van der Waals surface area contributed by atoms with Crippen LogP contribution < -0.4 is 15.5 Å². The minimum Gasteiger partial charge on any atom is -0.464 e. The number of carbonyl (C=O) groups excluding carboxylic acids is 3. The zero-order chi connectivity index (χ0) is 40.9. The van der Waals surface area contributed by atoms with E-state index in [1.54, 1.807) is 32.9 Å². The Morgan fingerprint density at radius 1 is 1.02 bits per heavy atom. The zero-order valence-corrected chi connectivity index (χ0v) is 32.7. The minimum absolute atomic E-state index is 0.0174. The van der Waals surface area contributed by atoms with E-state index >= 15 is 4.39 Å². The third-order valence-electron chi connectivity index (χ3n) is 9.67. The molecule has 4 amide bonds. The molecule has 1 saturated carbocycles. The fourth-order valence-corrected chi connectivity index (χ4v) is 8.76. The highest BCUT2D eigenvalue weighted by molar-refractivity contribution is 7.92. The van der Waals surface area contributed by atoms with Gasteiger partial charge in [-0.25, -0.2) is 27.4 Å². The lowest BCUT2D eigenvalue weighted by atomic mass is 9.91. The molecule has 0 spiro atoms. The smallest absolute Gasteiger partial charge is 0.425 e. The van der Waals surface area contributed by atoms with Crippen molar-refractivity contribution >= 4 is 61.8 Å². The number of hydrogen-bond donors (Lipinski definition) is 4. The molecule has 4 N–H and O–H groups in total. The summed E-state index contributed by atoms with van der Waals surface area (Å²) in [5.41, 5.74) is 2.61. The second-order valence-corrected chi connectivity index (χ2v) is 17.6. The first-order valence-electron chi connectivity index (χ1n) is 18.0. The largest absolute Gasteiger partial charge is 0.464 e. The van der Waals surface area contributed by atoms with E-state index in [2.05, 4.69) is 15.6 Å². The summed E-state index contributed by atoms with van der Waals surface area (Å²) in [5.74, 6) is -2.14. The lowest BCUT2D eigenvalue weighted by molar-refractivity contribution is -0.131. The van der Waals surface area contributed by atoms with Crippen LogP contribution in [0.15, 0.2) is 59.6 Å². The number of pyridine rings is 1. The van der Waals surface area contributed by atoms with E-state index in [-0.39, 0.29) is 46.6 Å². The number of fused-ring (bicyclic) bond motifs is 10. The molecule has 296 valence electrons. The van der Waals surface area contributed by atoms with Gasteiger partial charge in [-0.3, -0.25) is 9.59 Å². The summed E-state index contributed by atoms with van der Waals surface area (Å²) in [5, 5.41) is 26.2. The highest BCUT2D eigenvalue weighted by Crippen LogP contribution is 2.37. The van der Waals surface area contributed by atoms with Gasteiger partial charge in [0.1, 0.15) is 17.5 Å². The van der Waals surface area contributed by atoms with Crippen molar-refractivity contribution in [3.05, 3.63) is 88.4 Å². The molecular formula is C40H44FN5O9S. The molecule has 16 heteroatoms. The van der Waals surface area contributed by atoms with E-state index in [0.29, 0.717) is 34.6 Å². The van der Waals surface area contributed by atoms with Crippen LogP contribution in [-0.4, -0.2) is 76.5 Å². The fraction of sp³-hybridized carbons (Fsp3) is 0.375. The Morgan fingerprint density at radius 3 is 2.32 bits per heavy atom. The van der Waals surface area contributed by atoms with Crippen LogP contribution >= 0.6 is 0 Å². The lowest BCUT2D eigenvalue weighted by Gasteiger charge is -2.28. The number of ether oxygens (including phenoxy) is 1. The first kappa shape index (κ1) is 40.1. The van der Waals surface area contributed by atoms with Crippen LogP contribution in [0.3, 0.4) is 0 Å². The number of rotatable bonds is 5. The Kier molecular flexibility index (Phi) is 10.8. The van der Waals surface area contributed by atoms with Crippen molar-refractivity contribution in [2.75, 3.05) is 22.6 Å². The number of sulfone groups is 1. The summed E-state index contributed by atoms with van der Waals surface area (Å²) in [6, 6.07) is 11.1. The van der Waals surface area contributed by atoms with Crippen LogP contribution in [0, 0.1) is 19.7 Å². The van der Waals surface area contributed by atoms with E-state index in [9.17, 15) is 37.8 Å². The van der Waals surface area contributed by atoms with Gasteiger partial charge < -0.3 is 30.5 Å². The van der Waals surface area contributed by atoms with Crippen molar-refractivity contribution in [3.8, 4) is 0 Å². The molecule has 3 aromatic carbocycles. The number of halogens is 1. The average molecular weight is 790 g/mol. The zero-order valence-electron chi connectivity index (χ0n) is 31.8. The molecular weight excluding hydrogens is 746 g/mol. The molecule has 3 heterocycles. The van der Waals surface area contributed by atoms with E-state index in [1.807, 2.05) is 13.8 Å². The molecule has 0 saturated heterocycles. The maximum atomic E-state index is 15.5. The molecule has 4 aromatic rings. The van der Waals surface area contributed by atoms with Gasteiger partial charge in [-0.2, -0.15) is 4.90 Å². The van der Waals surface area contributed by atoms with Crippen LogP contribution in [0.1, 0.15) is 73.9 Å². The number of anilines is 3. The number of aliphatic hydroxyl groups is 1. The third kappa shape index (κ3) is 8.45. The molecule has 7 rings (SSSR count). The number of carbonyl (C=O) groups is 4. The monoisotopic (exact) mass is 789 g/mol. The van der Waals surface area contributed by atoms with Gasteiger partial charge in [0, 0.05) is 35.7 Å². The number of likely N-dealkylation sites (N-methyl/N-ethyl adjacent to an activating group) is 1. The van der Waals surface area contributed by atoms with Crippen molar-refractivity contribution in [1.29, 1.82) is 0 Å². The van der Waals surface area contributed by atoms with Crippen LogP contribution in [-0.2, 0) is 37.1 Å². The Morgan fingerprint density at radius 2 is 1.70 bits per heavy atom. The van der Waals surface area contributed by atoms with Gasteiger partial charge in [-0.05, 0) is 118 Å². The topological polar surface area (TPSA) is 196 Å². The van der Waals surface area contributed by atoms with Crippen molar-refractivity contribution in [3.63, 3.8) is 0 Å². The van der Waals surface area contributed by atoms with Crippen molar-refractivity contribution < 1.29 is 46.9 Å². The summed E-state index contributed by atoms with van der Waals surface area (Å²) in [7, 11) is -2.20. The summed E-state index contributed by atoms with van der Waals surface area (Å²) in [6.07, 6.45) is -2.19. The highest BCUT2D eigenvalue weighted by atomic mass is 32.2. The maximum Gasteiger partial charge on any atom is 0.425 e. The molecule has 56 heavy (non-hydrogen) atoms. The number of amides is 4. The van der Waals surface area contributed by atoms with Gasteiger partial charge in [-0.1, -0.05) is 12.1 Å². The van der Waals surface area contributed by atoms with Gasteiger partial charge in [0.25, 0.3) is 0 Å². The maximum absolute atomic E-state index is 15.5. The first-order valence-corrected chi connectivity index (χ1v) is 19.6. The van der Waals surface area contributed by atoms with Crippen molar-refractivity contribution in [2.45, 2.75) is 94.7 Å². The predicted molar refractivity (Wildman–Crippen MR) is 207 cm³/mol. The SMILES string of the molecule is Cc1cc2cc(C)c1CC(O)CC(=O)Nc1ccc(S(=O)(=O)C3CC3)c(c1)CN(C)C(=O)[C@@H]2Nc1ccc2c(N(C(=O)O)C(=O)OC(C)(C)C)ncc(F)c2c1. The Bertz CT molecular complexity index is 2350. The van der Waals surface area contributed by atoms with Gasteiger partial charge >= 0.3 is 12.2 Å². The second kappa shape index (κ2) is 15.1. The van der Waals surface area contributed by atoms with Crippen LogP contribution in [0.5, 0.6) is 0 Å². The second-order valence-electron chi connectivity index (χ2n) is 15.4. The molecule has 2 aliphatic heterocycles. The molecule has 1 unspecified atom stereocenters. The van der Waals surface area contributed by atoms with Crippen molar-refractivity contribution in [2.24, 2.45) is 0 Å². The molecule has 4 bridgehead atoms. The number of nitrogens with one attached hydrogen (secondary N) is 2. The number of hydrogen-bond acceptors (Lipinski definition) is 10. The number of imide groups is 1. The summed E-state index contributed by atoms with van der Waals surface area (Å²) in [6.45, 7) is 8.20. The van der Waals surface area contributed by atoms with E-state index in [0.717, 1.165) is 22.9 Å². The number of nitrogens with zero attached hydrogens (tertiary/aromatic N) is 3. The molecule has 0 radical (unpaired) electrons. The van der Waals surface area contributed by atoms with Crippen LogP contribution in [0.2, 0.25) is 0 Å². The molecule has 1 fully saturated rings. The standard InChI is InChI=1S/C40H44FN5O9S/c1-21-13-23-14-22(2)30(21)17-27(47)18-34(48)43-25-8-12-33(56(53,54)28-9-10-28)24(15-25)20-45(6)37(49)35(23)44-26-7-11-29-31(16-26)32(41)19-42-36(29)46(38(50)51)39(52)55-40(3,4)5/h7-8,11-16,19,27-28,35,44,47H,9-10,17-18,20H2,1-6H3,(H,43,48)(H,50,51)/t27?,35-/m1/s1. The van der Waals surface area contributed by atoms with Gasteiger partial charge in [-0.15, -0.1) is 0 Å². The fourth-order valence-electron chi connectivity index (χ4n) is 6.90. The normalized spacial score (nSPS) is 18.1. The van der Waals surface area contributed by atoms with Crippen molar-refractivity contribution in [1.82, 2.24) is 9.88 Å². The quantitative estimate of drug-likeness (QED) is 0.175. The highest BCUT2D eigenvalue weighted by Gasteiger charge is 2.39. The minimum atomic E-state index is -3.73. The molecule has 1 aromatic heterocycles. The van der Waals surface area contributed by atoms with Crippen LogP contribution in [0.4, 0.5) is 31.2 Å². The number of aromatic nitrogens is 1. The van der Waals surface area contributed by atoms with Gasteiger partial charge in [0.2, 0.25) is 11.8 Å². The molecule has 1 aliphatic carbocycles. The van der Waals surface area contributed by atoms with Gasteiger partial charge in [0.05, 0.1) is 28.9 Å². The number of carboxylic acid groups (broad SMARTS) is 1. The third-order valence-corrected chi connectivity index (χ3v) is 12.0. The summed E-state index contributed by atoms with van der Waals surface area (Å²) >= 11 is 0. The first-order chi connectivity index (χ1) is 26.2. The van der Waals surface area contributed by atoms with E-state index in [4.69, 9.17) is 4.74 Å². The van der Waals surface area contributed by atoms with E-state index < -0.39 is 62.7 Å². The number of aliphatic hydroxyl groups excluding tert-OH is 1. The van der Waals surface area contributed by atoms with Gasteiger partial charge in [0.15, 0.2) is 15.7 Å².